The van der Waals surface area contributed by atoms with Gasteiger partial charge in [-0.25, -0.2) is 9.78 Å². The van der Waals surface area contributed by atoms with Crippen molar-refractivity contribution in [1.82, 2.24) is 9.97 Å². The Morgan fingerprint density at radius 3 is 2.73 bits per heavy atom. The molecule has 0 atom stereocenters. The topological polar surface area (TPSA) is 75.1 Å². The summed E-state index contributed by atoms with van der Waals surface area (Å²) in [7, 11) is 0. The van der Waals surface area contributed by atoms with Gasteiger partial charge in [-0.1, -0.05) is 12.1 Å². The number of nitrogens with one attached hydrogen (secondary N) is 1. The predicted octanol–water partition coefficient (Wildman–Crippen LogP) is 3.52. The predicted molar refractivity (Wildman–Crippen MR) is 86.1 cm³/mol. The Balaban J connectivity index is 1.65. The summed E-state index contributed by atoms with van der Waals surface area (Å²) in [6.45, 7) is 0.597. The van der Waals surface area contributed by atoms with E-state index in [9.17, 15) is 4.79 Å². The number of thiazole rings is 1. The van der Waals surface area contributed by atoms with E-state index in [1.165, 1.54) is 11.3 Å². The van der Waals surface area contributed by atoms with Crippen LogP contribution >= 0.6 is 11.3 Å². The molecular weight excluding hydrogens is 298 g/mol. The second-order valence-electron chi connectivity index (χ2n) is 4.64. The van der Waals surface area contributed by atoms with Crippen molar-refractivity contribution < 1.29 is 9.90 Å². The SMILES string of the molecule is O=C(O)c1ccc(CNc2nc(-c3cccnc3)cs2)cc1. The lowest BCUT2D eigenvalue weighted by molar-refractivity contribution is 0.0697. The van der Waals surface area contributed by atoms with E-state index in [-0.39, 0.29) is 5.56 Å². The molecular formula is C16H13N3O2S. The lowest BCUT2D eigenvalue weighted by Gasteiger charge is -2.03. The number of nitrogens with zero attached hydrogens (tertiary/aromatic N) is 2. The molecule has 3 rings (SSSR count). The largest absolute Gasteiger partial charge is 0.478 e. The highest BCUT2D eigenvalue weighted by molar-refractivity contribution is 7.14. The molecule has 1 aromatic carbocycles. The third-order valence-corrected chi connectivity index (χ3v) is 3.91. The van der Waals surface area contributed by atoms with Crippen LogP contribution in [0.15, 0.2) is 54.2 Å². The zero-order chi connectivity index (χ0) is 15.4. The molecule has 2 N–H and O–H groups in total. The molecule has 0 saturated carbocycles. The van der Waals surface area contributed by atoms with Gasteiger partial charge in [-0.05, 0) is 29.8 Å². The van der Waals surface area contributed by atoms with Gasteiger partial charge in [0.05, 0.1) is 11.3 Å². The normalized spacial score (nSPS) is 10.4. The van der Waals surface area contributed by atoms with Gasteiger partial charge in [0.15, 0.2) is 5.13 Å². The third kappa shape index (κ3) is 3.29. The van der Waals surface area contributed by atoms with Gasteiger partial charge >= 0.3 is 5.97 Å². The first-order chi connectivity index (χ1) is 10.7. The van der Waals surface area contributed by atoms with Crippen LogP contribution in [0.25, 0.3) is 11.3 Å². The molecule has 0 bridgehead atoms. The molecule has 2 aromatic heterocycles. The van der Waals surface area contributed by atoms with Gasteiger partial charge in [-0.3, -0.25) is 4.98 Å². The first-order valence-corrected chi connectivity index (χ1v) is 7.52. The quantitative estimate of drug-likeness (QED) is 0.754. The van der Waals surface area contributed by atoms with Crippen LogP contribution in [0.2, 0.25) is 0 Å². The van der Waals surface area contributed by atoms with Crippen LogP contribution in [-0.2, 0) is 6.54 Å². The third-order valence-electron chi connectivity index (χ3n) is 3.11. The Hall–Kier alpha value is -2.73. The Morgan fingerprint density at radius 2 is 2.05 bits per heavy atom. The Bertz CT molecular complexity index is 770. The number of hydrogen-bond donors (Lipinski definition) is 2. The van der Waals surface area contributed by atoms with Crippen LogP contribution in [0.5, 0.6) is 0 Å². The summed E-state index contributed by atoms with van der Waals surface area (Å²) in [4.78, 5) is 19.4. The Labute approximate surface area is 131 Å². The van der Waals surface area contributed by atoms with Crippen molar-refractivity contribution in [1.29, 1.82) is 0 Å². The zero-order valence-electron chi connectivity index (χ0n) is 11.6. The number of pyridine rings is 1. The standard InChI is InChI=1S/C16H13N3O2S/c20-15(21)12-5-3-11(4-6-12)8-18-16-19-14(10-22-16)13-2-1-7-17-9-13/h1-7,9-10H,8H2,(H,18,19)(H,20,21). The van der Waals surface area contributed by atoms with Crippen LogP contribution in [-0.4, -0.2) is 21.0 Å². The number of benzene rings is 1. The van der Waals surface area contributed by atoms with Gasteiger partial charge in [0.2, 0.25) is 0 Å². The summed E-state index contributed by atoms with van der Waals surface area (Å²) in [6, 6.07) is 10.6. The molecule has 0 aliphatic heterocycles. The summed E-state index contributed by atoms with van der Waals surface area (Å²) in [5.74, 6) is -0.916. The number of aromatic carboxylic acids is 1. The van der Waals surface area contributed by atoms with E-state index in [4.69, 9.17) is 5.11 Å². The van der Waals surface area contributed by atoms with E-state index < -0.39 is 5.97 Å². The fourth-order valence-electron chi connectivity index (χ4n) is 1.94. The van der Waals surface area contributed by atoms with E-state index in [1.54, 1.807) is 36.7 Å². The molecule has 0 radical (unpaired) electrons. The first-order valence-electron chi connectivity index (χ1n) is 6.64. The van der Waals surface area contributed by atoms with Gasteiger partial charge in [-0.15, -0.1) is 11.3 Å². The number of carboxylic acid groups (broad SMARTS) is 1. The van der Waals surface area contributed by atoms with Gasteiger partial charge in [0.1, 0.15) is 0 Å². The maximum atomic E-state index is 10.8. The molecule has 2 heterocycles. The lowest BCUT2D eigenvalue weighted by atomic mass is 10.1. The van der Waals surface area contributed by atoms with Crippen molar-refractivity contribution in [3.05, 3.63) is 65.3 Å². The molecule has 0 fully saturated rings. The summed E-state index contributed by atoms with van der Waals surface area (Å²) < 4.78 is 0. The lowest BCUT2D eigenvalue weighted by Crippen LogP contribution is -2.00. The minimum Gasteiger partial charge on any atom is -0.478 e. The van der Waals surface area contributed by atoms with Crippen molar-refractivity contribution in [3.8, 4) is 11.3 Å². The molecule has 22 heavy (non-hydrogen) atoms. The number of anilines is 1. The summed E-state index contributed by atoms with van der Waals surface area (Å²) >= 11 is 1.53. The minimum absolute atomic E-state index is 0.289. The molecule has 3 aromatic rings. The van der Waals surface area contributed by atoms with E-state index >= 15 is 0 Å². The van der Waals surface area contributed by atoms with Crippen LogP contribution in [0.1, 0.15) is 15.9 Å². The first kappa shape index (κ1) is 14.2. The molecule has 0 aliphatic rings. The van der Waals surface area contributed by atoms with Crippen LogP contribution in [0.4, 0.5) is 5.13 Å². The van der Waals surface area contributed by atoms with Crippen molar-refractivity contribution in [2.45, 2.75) is 6.54 Å². The molecule has 6 heteroatoms. The minimum atomic E-state index is -0.916. The maximum absolute atomic E-state index is 10.8. The van der Waals surface area contributed by atoms with Crippen LogP contribution < -0.4 is 5.32 Å². The van der Waals surface area contributed by atoms with Crippen molar-refractivity contribution in [2.24, 2.45) is 0 Å². The molecule has 0 saturated heterocycles. The molecule has 0 spiro atoms. The van der Waals surface area contributed by atoms with Gasteiger partial charge in [0.25, 0.3) is 0 Å². The smallest absolute Gasteiger partial charge is 0.335 e. The maximum Gasteiger partial charge on any atom is 0.335 e. The summed E-state index contributed by atoms with van der Waals surface area (Å²) in [6.07, 6.45) is 3.51. The van der Waals surface area contributed by atoms with Crippen LogP contribution in [0, 0.1) is 0 Å². The number of aromatic nitrogens is 2. The van der Waals surface area contributed by atoms with Crippen molar-refractivity contribution in [3.63, 3.8) is 0 Å². The highest BCUT2D eigenvalue weighted by atomic mass is 32.1. The summed E-state index contributed by atoms with van der Waals surface area (Å²) in [5.41, 5.74) is 3.17. The fourth-order valence-corrected chi connectivity index (χ4v) is 2.66. The molecule has 0 aliphatic carbocycles. The number of carbonyl (C=O) groups is 1. The number of rotatable bonds is 5. The second-order valence-corrected chi connectivity index (χ2v) is 5.49. The molecule has 0 amide bonds. The van der Waals surface area contributed by atoms with Gasteiger partial charge < -0.3 is 10.4 Å². The summed E-state index contributed by atoms with van der Waals surface area (Å²) in [5, 5.41) is 14.9. The van der Waals surface area contributed by atoms with Crippen molar-refractivity contribution >= 4 is 22.4 Å². The average Bonchev–Trinajstić information content (AvgIpc) is 3.03. The Kier molecular flexibility index (Phi) is 4.11. The zero-order valence-corrected chi connectivity index (χ0v) is 12.4. The van der Waals surface area contributed by atoms with Crippen LogP contribution in [0.3, 0.4) is 0 Å². The number of carboxylic acids is 1. The molecule has 5 nitrogen and oxygen atoms in total. The fraction of sp³-hybridized carbons (Fsp3) is 0.0625. The van der Waals surface area contributed by atoms with E-state index in [1.807, 2.05) is 17.5 Å². The highest BCUT2D eigenvalue weighted by Gasteiger charge is 2.05. The molecule has 110 valence electrons. The van der Waals surface area contributed by atoms with E-state index in [0.29, 0.717) is 6.54 Å². The average molecular weight is 311 g/mol. The van der Waals surface area contributed by atoms with Gasteiger partial charge in [-0.2, -0.15) is 0 Å². The molecule has 0 unspecified atom stereocenters. The highest BCUT2D eigenvalue weighted by Crippen LogP contribution is 2.24. The van der Waals surface area contributed by atoms with E-state index in [0.717, 1.165) is 22.0 Å². The van der Waals surface area contributed by atoms with E-state index in [2.05, 4.69) is 15.3 Å². The van der Waals surface area contributed by atoms with Gasteiger partial charge in [0, 0.05) is 29.9 Å². The monoisotopic (exact) mass is 311 g/mol. The Morgan fingerprint density at radius 1 is 1.23 bits per heavy atom. The van der Waals surface area contributed by atoms with Crippen molar-refractivity contribution in [2.75, 3.05) is 5.32 Å². The number of hydrogen-bond acceptors (Lipinski definition) is 5. The second kappa shape index (κ2) is 6.36.